The zero-order valence-electron chi connectivity index (χ0n) is 15.3. The molecule has 24 heavy (non-hydrogen) atoms. The largest absolute Gasteiger partial charge is 0.341 e. The maximum Gasteiger partial charge on any atom is 0.225 e. The van der Waals surface area contributed by atoms with Crippen LogP contribution in [0.2, 0.25) is 0 Å². The zero-order valence-corrected chi connectivity index (χ0v) is 15.3. The average molecular weight is 332 g/mol. The van der Waals surface area contributed by atoms with Crippen molar-refractivity contribution in [1.29, 1.82) is 0 Å². The molecule has 2 fully saturated rings. The number of carbonyl (C=O) groups excluding carboxylic acids is 1. The third kappa shape index (κ3) is 4.38. The van der Waals surface area contributed by atoms with Gasteiger partial charge in [0.2, 0.25) is 5.91 Å². The summed E-state index contributed by atoms with van der Waals surface area (Å²) >= 11 is 0. The van der Waals surface area contributed by atoms with Gasteiger partial charge in [-0.2, -0.15) is 5.10 Å². The van der Waals surface area contributed by atoms with Crippen LogP contribution in [0.1, 0.15) is 51.0 Å². The van der Waals surface area contributed by atoms with Crippen molar-refractivity contribution in [1.82, 2.24) is 19.6 Å². The standard InChI is InChI=1S/C19H32N4O/c1-3-16-5-7-18(8-6-16)19(24)23-10-4-9-22(11-12-23)15-17-13-20-21(2)14-17/h13-14,16,18H,3-12,15H2,1-2H3. The molecule has 0 radical (unpaired) electrons. The van der Waals surface area contributed by atoms with Crippen LogP contribution in [0.4, 0.5) is 0 Å². The molecular weight excluding hydrogens is 300 g/mol. The van der Waals surface area contributed by atoms with Gasteiger partial charge in [-0.1, -0.05) is 13.3 Å². The highest BCUT2D eigenvalue weighted by Crippen LogP contribution is 2.31. The minimum Gasteiger partial charge on any atom is -0.341 e. The molecule has 1 saturated heterocycles. The van der Waals surface area contributed by atoms with Gasteiger partial charge in [0.25, 0.3) is 0 Å². The summed E-state index contributed by atoms with van der Waals surface area (Å²) < 4.78 is 1.86. The third-order valence-corrected chi connectivity index (χ3v) is 5.84. The summed E-state index contributed by atoms with van der Waals surface area (Å²) in [5.74, 6) is 1.57. The van der Waals surface area contributed by atoms with Crippen LogP contribution in [0.25, 0.3) is 0 Å². The summed E-state index contributed by atoms with van der Waals surface area (Å²) in [6, 6.07) is 0. The van der Waals surface area contributed by atoms with Gasteiger partial charge in [-0.05, 0) is 38.0 Å². The minimum absolute atomic E-state index is 0.290. The number of aromatic nitrogens is 2. The van der Waals surface area contributed by atoms with Gasteiger partial charge < -0.3 is 4.90 Å². The average Bonchev–Trinajstić information content (AvgIpc) is 2.87. The Morgan fingerprint density at radius 1 is 1.17 bits per heavy atom. The summed E-state index contributed by atoms with van der Waals surface area (Å²) in [7, 11) is 1.96. The maximum absolute atomic E-state index is 12.9. The van der Waals surface area contributed by atoms with Crippen molar-refractivity contribution in [2.75, 3.05) is 26.2 Å². The SMILES string of the molecule is CCC1CCC(C(=O)N2CCCN(Cc3cnn(C)c3)CC2)CC1. The highest BCUT2D eigenvalue weighted by atomic mass is 16.2. The van der Waals surface area contributed by atoms with Crippen molar-refractivity contribution in [3.63, 3.8) is 0 Å². The Labute approximate surface area is 146 Å². The Morgan fingerprint density at radius 3 is 2.62 bits per heavy atom. The normalized spacial score (nSPS) is 26.3. The smallest absolute Gasteiger partial charge is 0.225 e. The van der Waals surface area contributed by atoms with E-state index < -0.39 is 0 Å². The Bertz CT molecular complexity index is 533. The van der Waals surface area contributed by atoms with E-state index in [0.29, 0.717) is 5.91 Å². The van der Waals surface area contributed by atoms with E-state index >= 15 is 0 Å². The molecule has 1 aromatic rings. The topological polar surface area (TPSA) is 41.4 Å². The predicted molar refractivity (Wildman–Crippen MR) is 95.4 cm³/mol. The lowest BCUT2D eigenvalue weighted by molar-refractivity contribution is -0.136. The second-order valence-corrected chi connectivity index (χ2v) is 7.60. The summed E-state index contributed by atoms with van der Waals surface area (Å²) in [6.07, 6.45) is 11.1. The molecule has 5 nitrogen and oxygen atoms in total. The van der Waals surface area contributed by atoms with Gasteiger partial charge in [0.1, 0.15) is 0 Å². The molecule has 0 aromatic carbocycles. The summed E-state index contributed by atoms with van der Waals surface area (Å²) in [4.78, 5) is 17.5. The van der Waals surface area contributed by atoms with E-state index in [0.717, 1.165) is 57.9 Å². The number of aryl methyl sites for hydroxylation is 1. The highest BCUT2D eigenvalue weighted by Gasteiger charge is 2.29. The molecule has 0 unspecified atom stereocenters. The van der Waals surface area contributed by atoms with Gasteiger partial charge in [-0.25, -0.2) is 0 Å². The van der Waals surface area contributed by atoms with Crippen LogP contribution in [0.3, 0.4) is 0 Å². The van der Waals surface area contributed by atoms with Crippen LogP contribution < -0.4 is 0 Å². The van der Waals surface area contributed by atoms with Gasteiger partial charge in [0, 0.05) is 57.4 Å². The van der Waals surface area contributed by atoms with Gasteiger partial charge in [0.05, 0.1) is 6.20 Å². The summed E-state index contributed by atoms with van der Waals surface area (Å²) in [5.41, 5.74) is 1.26. The first-order valence-electron chi connectivity index (χ1n) is 9.64. The Hall–Kier alpha value is -1.36. The molecule has 0 spiro atoms. The van der Waals surface area contributed by atoms with E-state index in [1.807, 2.05) is 17.9 Å². The number of carbonyl (C=O) groups is 1. The van der Waals surface area contributed by atoms with Crippen molar-refractivity contribution in [2.45, 2.75) is 52.0 Å². The van der Waals surface area contributed by atoms with Crippen LogP contribution >= 0.6 is 0 Å². The van der Waals surface area contributed by atoms with E-state index in [2.05, 4.69) is 28.0 Å². The first-order chi connectivity index (χ1) is 11.7. The van der Waals surface area contributed by atoms with Crippen LogP contribution in [0.5, 0.6) is 0 Å². The number of nitrogens with zero attached hydrogens (tertiary/aromatic N) is 4. The lowest BCUT2D eigenvalue weighted by atomic mass is 9.80. The summed E-state index contributed by atoms with van der Waals surface area (Å²) in [5, 5.41) is 4.25. The molecule has 0 atom stereocenters. The molecule has 5 heteroatoms. The molecule has 0 N–H and O–H groups in total. The number of hydrogen-bond donors (Lipinski definition) is 0. The predicted octanol–water partition coefficient (Wildman–Crippen LogP) is 2.67. The van der Waals surface area contributed by atoms with Gasteiger partial charge in [0.15, 0.2) is 0 Å². The molecule has 0 bridgehead atoms. The molecule has 1 saturated carbocycles. The fraction of sp³-hybridized carbons (Fsp3) is 0.789. The van der Waals surface area contributed by atoms with E-state index in [1.165, 1.54) is 24.8 Å². The molecular formula is C19H32N4O. The van der Waals surface area contributed by atoms with Gasteiger partial charge in [-0.15, -0.1) is 0 Å². The minimum atomic E-state index is 0.290. The lowest BCUT2D eigenvalue weighted by Crippen LogP contribution is -2.40. The van der Waals surface area contributed by atoms with Crippen molar-refractivity contribution >= 4 is 5.91 Å². The van der Waals surface area contributed by atoms with Crippen LogP contribution in [-0.4, -0.2) is 51.7 Å². The third-order valence-electron chi connectivity index (χ3n) is 5.84. The quantitative estimate of drug-likeness (QED) is 0.851. The summed E-state index contributed by atoms with van der Waals surface area (Å²) in [6.45, 7) is 7.07. The molecule has 1 aliphatic heterocycles. The molecule has 1 amide bonds. The molecule has 1 aromatic heterocycles. The van der Waals surface area contributed by atoms with E-state index in [4.69, 9.17) is 0 Å². The zero-order chi connectivity index (χ0) is 16.9. The molecule has 1 aliphatic carbocycles. The van der Waals surface area contributed by atoms with E-state index in [1.54, 1.807) is 0 Å². The van der Waals surface area contributed by atoms with Gasteiger partial charge >= 0.3 is 0 Å². The Balaban J connectivity index is 1.49. The van der Waals surface area contributed by atoms with E-state index in [-0.39, 0.29) is 5.92 Å². The fourth-order valence-corrected chi connectivity index (χ4v) is 4.24. The first kappa shape index (κ1) is 17.5. The first-order valence-corrected chi connectivity index (χ1v) is 9.64. The van der Waals surface area contributed by atoms with Gasteiger partial charge in [-0.3, -0.25) is 14.4 Å². The van der Waals surface area contributed by atoms with Crippen molar-refractivity contribution in [3.05, 3.63) is 18.0 Å². The molecule has 134 valence electrons. The lowest BCUT2D eigenvalue weighted by Gasteiger charge is -2.31. The second-order valence-electron chi connectivity index (χ2n) is 7.60. The fourth-order valence-electron chi connectivity index (χ4n) is 4.24. The van der Waals surface area contributed by atoms with E-state index in [9.17, 15) is 4.79 Å². The highest BCUT2D eigenvalue weighted by molar-refractivity contribution is 5.79. The van der Waals surface area contributed by atoms with Crippen LogP contribution in [0, 0.1) is 11.8 Å². The number of rotatable bonds is 4. The van der Waals surface area contributed by atoms with Crippen molar-refractivity contribution in [3.8, 4) is 0 Å². The number of amides is 1. The molecule has 3 rings (SSSR count). The molecule has 2 aliphatic rings. The van der Waals surface area contributed by atoms with Crippen LogP contribution in [0.15, 0.2) is 12.4 Å². The van der Waals surface area contributed by atoms with Crippen molar-refractivity contribution in [2.24, 2.45) is 18.9 Å². The Morgan fingerprint density at radius 2 is 1.96 bits per heavy atom. The number of hydrogen-bond acceptors (Lipinski definition) is 3. The van der Waals surface area contributed by atoms with Crippen LogP contribution in [-0.2, 0) is 18.4 Å². The van der Waals surface area contributed by atoms with Crippen molar-refractivity contribution < 1.29 is 4.79 Å². The monoisotopic (exact) mass is 332 g/mol. The maximum atomic E-state index is 12.9. The molecule has 2 heterocycles. The second kappa shape index (κ2) is 8.15. The Kier molecular flexibility index (Phi) is 5.93.